The van der Waals surface area contributed by atoms with Crippen LogP contribution in [0.1, 0.15) is 30.9 Å². The predicted octanol–water partition coefficient (Wildman–Crippen LogP) is 5.72. The Balaban J connectivity index is 1.55. The second-order valence-corrected chi connectivity index (χ2v) is 9.62. The second-order valence-electron chi connectivity index (χ2n) is 6.88. The zero-order valence-electron chi connectivity index (χ0n) is 15.3. The van der Waals surface area contributed by atoms with E-state index >= 15 is 0 Å². The highest BCUT2D eigenvalue weighted by Gasteiger charge is 2.32. The maximum Gasteiger partial charge on any atom is 0.138 e. The molecule has 1 unspecified atom stereocenters. The largest absolute Gasteiger partial charge is 0.497 e. The third-order valence-electron chi connectivity index (χ3n) is 4.94. The summed E-state index contributed by atoms with van der Waals surface area (Å²) < 4.78 is 11.3. The molecule has 3 rings (SSSR count). The molecule has 0 spiro atoms. The van der Waals surface area contributed by atoms with Gasteiger partial charge >= 0.3 is 0 Å². The molecular formula is C21H25ClINO2. The molecule has 3 nitrogen and oxygen atoms in total. The molecule has 0 amide bonds. The van der Waals surface area contributed by atoms with Gasteiger partial charge in [0.15, 0.2) is 0 Å². The Labute approximate surface area is 174 Å². The zero-order chi connectivity index (χ0) is 18.6. The van der Waals surface area contributed by atoms with E-state index in [9.17, 15) is 0 Å². The van der Waals surface area contributed by atoms with Gasteiger partial charge in [-0.25, -0.2) is 0 Å². The normalized spacial score (nSPS) is 20.3. The van der Waals surface area contributed by atoms with E-state index in [4.69, 9.17) is 21.1 Å². The van der Waals surface area contributed by atoms with Crippen LogP contribution in [0.4, 0.5) is 0 Å². The number of ether oxygens (including phenoxy) is 2. The van der Waals surface area contributed by atoms with Crippen molar-refractivity contribution in [1.82, 2.24) is 4.90 Å². The van der Waals surface area contributed by atoms with Gasteiger partial charge in [-0.15, -0.1) is 0 Å². The van der Waals surface area contributed by atoms with Gasteiger partial charge in [0, 0.05) is 6.54 Å². The maximum absolute atomic E-state index is 6.43. The minimum Gasteiger partial charge on any atom is -0.497 e. The molecule has 0 bridgehead atoms. The Morgan fingerprint density at radius 3 is 2.50 bits per heavy atom. The van der Waals surface area contributed by atoms with Crippen molar-refractivity contribution in [2.45, 2.75) is 36.3 Å². The van der Waals surface area contributed by atoms with Crippen LogP contribution in [-0.4, -0.2) is 28.6 Å². The molecule has 1 aliphatic rings. The fraction of sp³-hybridized carbons (Fsp3) is 0.429. The molecule has 1 fully saturated rings. The van der Waals surface area contributed by atoms with E-state index in [1.165, 1.54) is 24.9 Å². The highest BCUT2D eigenvalue weighted by molar-refractivity contribution is 14.1. The lowest BCUT2D eigenvalue weighted by molar-refractivity contribution is 0.258. The molecule has 2 aromatic carbocycles. The Hall–Kier alpha value is -0.980. The van der Waals surface area contributed by atoms with E-state index in [-0.39, 0.29) is 0 Å². The van der Waals surface area contributed by atoms with Crippen LogP contribution < -0.4 is 9.47 Å². The molecule has 0 aliphatic carbocycles. The molecule has 1 aliphatic heterocycles. The molecular weight excluding hydrogens is 461 g/mol. The van der Waals surface area contributed by atoms with Crippen LogP contribution in [0.3, 0.4) is 0 Å². The van der Waals surface area contributed by atoms with Gasteiger partial charge < -0.3 is 9.47 Å². The lowest BCUT2D eigenvalue weighted by Gasteiger charge is -2.29. The first-order valence-electron chi connectivity index (χ1n) is 8.96. The Morgan fingerprint density at radius 1 is 1.15 bits per heavy atom. The van der Waals surface area contributed by atoms with Crippen molar-refractivity contribution in [2.24, 2.45) is 0 Å². The topological polar surface area (TPSA) is 21.7 Å². The van der Waals surface area contributed by atoms with Crippen LogP contribution in [0.2, 0.25) is 5.02 Å². The van der Waals surface area contributed by atoms with E-state index in [0.29, 0.717) is 15.2 Å². The summed E-state index contributed by atoms with van der Waals surface area (Å²) in [6.45, 7) is 5.08. The van der Waals surface area contributed by atoms with Crippen LogP contribution in [0.15, 0.2) is 42.5 Å². The molecule has 5 heteroatoms. The number of halogens is 2. The summed E-state index contributed by atoms with van der Waals surface area (Å²) in [6, 6.07) is 14.0. The van der Waals surface area contributed by atoms with E-state index < -0.39 is 0 Å². The van der Waals surface area contributed by atoms with Gasteiger partial charge in [-0.05, 0) is 68.1 Å². The quantitative estimate of drug-likeness (QED) is 0.284. The molecule has 0 aromatic heterocycles. The summed E-state index contributed by atoms with van der Waals surface area (Å²) in [5.41, 5.74) is 2.34. The monoisotopic (exact) mass is 485 g/mol. The smallest absolute Gasteiger partial charge is 0.138 e. The van der Waals surface area contributed by atoms with Crippen LogP contribution in [0, 0.1) is 0 Å². The summed E-state index contributed by atoms with van der Waals surface area (Å²) in [6.07, 6.45) is 3.57. The van der Waals surface area contributed by atoms with Gasteiger partial charge in [-0.2, -0.15) is 0 Å². The van der Waals surface area contributed by atoms with Crippen molar-refractivity contribution in [2.75, 3.05) is 20.2 Å². The minimum absolute atomic E-state index is 0.295. The Kier molecular flexibility index (Phi) is 6.70. The summed E-state index contributed by atoms with van der Waals surface area (Å²) in [7, 11) is 1.66. The van der Waals surface area contributed by atoms with Gasteiger partial charge in [0.1, 0.15) is 18.1 Å². The van der Waals surface area contributed by atoms with Crippen molar-refractivity contribution >= 4 is 34.2 Å². The van der Waals surface area contributed by atoms with Crippen LogP contribution in [0.25, 0.3) is 0 Å². The lowest BCUT2D eigenvalue weighted by atomic mass is 10.1. The van der Waals surface area contributed by atoms with Crippen molar-refractivity contribution in [3.63, 3.8) is 0 Å². The van der Waals surface area contributed by atoms with E-state index in [1.54, 1.807) is 7.11 Å². The SMILES string of the molecule is COc1ccc(COc2ccc(CCN3CCCC3(C)I)cc2Cl)cc1. The third kappa shape index (κ3) is 5.05. The summed E-state index contributed by atoms with van der Waals surface area (Å²) >= 11 is 9.01. The summed E-state index contributed by atoms with van der Waals surface area (Å²) in [4.78, 5) is 2.57. The zero-order valence-corrected chi connectivity index (χ0v) is 18.2. The first-order valence-corrected chi connectivity index (χ1v) is 10.4. The van der Waals surface area contributed by atoms with Crippen LogP contribution in [0.5, 0.6) is 11.5 Å². The molecule has 1 heterocycles. The van der Waals surface area contributed by atoms with Gasteiger partial charge in [0.2, 0.25) is 0 Å². The summed E-state index contributed by atoms with van der Waals surface area (Å²) in [5.74, 6) is 1.57. The predicted molar refractivity (Wildman–Crippen MR) is 116 cm³/mol. The van der Waals surface area contributed by atoms with Gasteiger partial charge in [-0.1, -0.05) is 52.4 Å². The van der Waals surface area contributed by atoms with E-state index in [2.05, 4.69) is 40.5 Å². The fourth-order valence-electron chi connectivity index (χ4n) is 3.29. The lowest BCUT2D eigenvalue weighted by Crippen LogP contribution is -2.36. The number of rotatable bonds is 7. The minimum atomic E-state index is 0.295. The van der Waals surface area contributed by atoms with Gasteiger partial charge in [0.25, 0.3) is 0 Å². The number of hydrogen-bond acceptors (Lipinski definition) is 3. The molecule has 1 atom stereocenters. The second kappa shape index (κ2) is 8.81. The standard InChI is InChI=1S/C21H25ClINO2/c1-21(23)11-3-12-24(21)13-10-16-6-9-20(19(22)14-16)26-15-17-4-7-18(25-2)8-5-17/h4-9,14H,3,10-13,15H2,1-2H3. The molecule has 0 N–H and O–H groups in total. The highest BCUT2D eigenvalue weighted by atomic mass is 127. The van der Waals surface area contributed by atoms with Crippen molar-refractivity contribution in [1.29, 1.82) is 0 Å². The van der Waals surface area contributed by atoms with E-state index in [0.717, 1.165) is 30.0 Å². The third-order valence-corrected chi connectivity index (χ3v) is 6.46. The van der Waals surface area contributed by atoms with E-state index in [1.807, 2.05) is 36.4 Å². The number of methoxy groups -OCH3 is 1. The van der Waals surface area contributed by atoms with Crippen LogP contribution in [-0.2, 0) is 13.0 Å². The Morgan fingerprint density at radius 2 is 1.88 bits per heavy atom. The molecule has 2 aromatic rings. The van der Waals surface area contributed by atoms with Crippen molar-refractivity contribution in [3.05, 3.63) is 58.6 Å². The number of benzene rings is 2. The highest BCUT2D eigenvalue weighted by Crippen LogP contribution is 2.35. The average molecular weight is 486 g/mol. The molecule has 0 saturated carbocycles. The molecule has 0 radical (unpaired) electrons. The Bertz CT molecular complexity index is 733. The van der Waals surface area contributed by atoms with Gasteiger partial charge in [0.05, 0.1) is 15.7 Å². The molecule has 26 heavy (non-hydrogen) atoms. The number of likely N-dealkylation sites (tertiary alicyclic amines) is 1. The molecule has 1 saturated heterocycles. The van der Waals surface area contributed by atoms with Crippen LogP contribution >= 0.6 is 34.2 Å². The maximum atomic E-state index is 6.43. The molecule has 140 valence electrons. The number of nitrogens with zero attached hydrogens (tertiary/aromatic N) is 1. The van der Waals surface area contributed by atoms with Crippen molar-refractivity contribution in [3.8, 4) is 11.5 Å². The number of alkyl halides is 1. The fourth-order valence-corrected chi connectivity index (χ4v) is 4.41. The van der Waals surface area contributed by atoms with Crippen molar-refractivity contribution < 1.29 is 9.47 Å². The first-order chi connectivity index (χ1) is 12.5. The summed E-state index contributed by atoms with van der Waals surface area (Å²) in [5, 5.41) is 0.676. The first kappa shape index (κ1) is 19.8. The van der Waals surface area contributed by atoms with Gasteiger partial charge in [-0.3, -0.25) is 4.90 Å². The average Bonchev–Trinajstić information content (AvgIpc) is 2.98. The number of hydrogen-bond donors (Lipinski definition) is 0.